The summed E-state index contributed by atoms with van der Waals surface area (Å²) in [6, 6.07) is 1.87. The van der Waals surface area contributed by atoms with Crippen LogP contribution in [-0.2, 0) is 15.4 Å². The van der Waals surface area contributed by atoms with Gasteiger partial charge in [-0.2, -0.15) is 0 Å². The van der Waals surface area contributed by atoms with Crippen LogP contribution < -0.4 is 5.73 Å². The van der Waals surface area contributed by atoms with Crippen molar-refractivity contribution in [3.05, 3.63) is 29.3 Å². The highest BCUT2D eigenvalue weighted by atomic mass is 32.2. The SMILES string of the molecule is CS(=O)(=O)c1cc(F)c(F)c(C2(N)CCCC2)c1. The first kappa shape index (κ1) is 13.4. The van der Waals surface area contributed by atoms with Gasteiger partial charge in [0.1, 0.15) is 0 Å². The van der Waals surface area contributed by atoms with Crippen molar-refractivity contribution in [2.75, 3.05) is 6.26 Å². The van der Waals surface area contributed by atoms with Gasteiger partial charge in [-0.1, -0.05) is 12.8 Å². The summed E-state index contributed by atoms with van der Waals surface area (Å²) in [6.45, 7) is 0. The van der Waals surface area contributed by atoms with E-state index in [2.05, 4.69) is 0 Å². The number of hydrogen-bond acceptors (Lipinski definition) is 3. The van der Waals surface area contributed by atoms with E-state index in [1.807, 2.05) is 0 Å². The Bertz CT molecular complexity index is 578. The van der Waals surface area contributed by atoms with Crippen molar-refractivity contribution in [1.29, 1.82) is 0 Å². The van der Waals surface area contributed by atoms with Gasteiger partial charge in [0, 0.05) is 17.4 Å². The van der Waals surface area contributed by atoms with Crippen LogP contribution in [0.1, 0.15) is 31.2 Å². The Morgan fingerprint density at radius 3 is 2.28 bits per heavy atom. The van der Waals surface area contributed by atoms with E-state index < -0.39 is 27.0 Å². The average Bonchev–Trinajstić information content (AvgIpc) is 2.68. The molecule has 1 aromatic rings. The van der Waals surface area contributed by atoms with Crippen LogP contribution in [0.25, 0.3) is 0 Å². The molecule has 1 fully saturated rings. The maximum atomic E-state index is 13.8. The van der Waals surface area contributed by atoms with E-state index in [1.165, 1.54) is 6.07 Å². The van der Waals surface area contributed by atoms with E-state index in [-0.39, 0.29) is 10.5 Å². The van der Waals surface area contributed by atoms with Gasteiger partial charge in [0.25, 0.3) is 0 Å². The highest BCUT2D eigenvalue weighted by molar-refractivity contribution is 7.90. The molecular weight excluding hydrogens is 260 g/mol. The third-order valence-corrected chi connectivity index (χ3v) is 4.55. The summed E-state index contributed by atoms with van der Waals surface area (Å²) < 4.78 is 50.2. The predicted molar refractivity (Wildman–Crippen MR) is 63.8 cm³/mol. The van der Waals surface area contributed by atoms with Crippen molar-refractivity contribution in [3.8, 4) is 0 Å². The molecule has 0 amide bonds. The molecule has 0 saturated heterocycles. The summed E-state index contributed by atoms with van der Waals surface area (Å²) in [4.78, 5) is -0.229. The van der Waals surface area contributed by atoms with Crippen molar-refractivity contribution in [1.82, 2.24) is 0 Å². The lowest BCUT2D eigenvalue weighted by Crippen LogP contribution is -2.34. The Balaban J connectivity index is 2.63. The third-order valence-electron chi connectivity index (χ3n) is 3.46. The molecule has 0 aromatic heterocycles. The summed E-state index contributed by atoms with van der Waals surface area (Å²) in [7, 11) is -3.58. The molecule has 1 aliphatic carbocycles. The van der Waals surface area contributed by atoms with Crippen molar-refractivity contribution >= 4 is 9.84 Å². The highest BCUT2D eigenvalue weighted by Gasteiger charge is 2.35. The number of nitrogens with two attached hydrogens (primary N) is 1. The predicted octanol–water partition coefficient (Wildman–Crippen LogP) is 2.10. The molecule has 0 radical (unpaired) electrons. The third kappa shape index (κ3) is 2.27. The number of sulfone groups is 1. The zero-order valence-corrected chi connectivity index (χ0v) is 10.9. The summed E-state index contributed by atoms with van der Waals surface area (Å²) in [5.74, 6) is -2.20. The molecule has 0 spiro atoms. The van der Waals surface area contributed by atoms with Gasteiger partial charge in [-0.3, -0.25) is 0 Å². The number of halogens is 2. The lowest BCUT2D eigenvalue weighted by Gasteiger charge is -2.25. The molecule has 6 heteroatoms. The minimum Gasteiger partial charge on any atom is -0.321 e. The quantitative estimate of drug-likeness (QED) is 0.841. The van der Waals surface area contributed by atoms with Gasteiger partial charge >= 0.3 is 0 Å². The summed E-state index contributed by atoms with van der Waals surface area (Å²) in [6.07, 6.45) is 3.70. The molecule has 100 valence electrons. The molecule has 1 saturated carbocycles. The van der Waals surface area contributed by atoms with Crippen molar-refractivity contribution in [3.63, 3.8) is 0 Å². The first-order valence-corrected chi connectivity index (χ1v) is 7.62. The molecule has 0 unspecified atom stereocenters. The number of rotatable bonds is 2. The van der Waals surface area contributed by atoms with Gasteiger partial charge in [0.15, 0.2) is 21.5 Å². The number of hydrogen-bond donors (Lipinski definition) is 1. The Labute approximate surface area is 105 Å². The van der Waals surface area contributed by atoms with Crippen LogP contribution in [0.5, 0.6) is 0 Å². The van der Waals surface area contributed by atoms with E-state index in [0.29, 0.717) is 18.9 Å². The summed E-state index contributed by atoms with van der Waals surface area (Å²) >= 11 is 0. The van der Waals surface area contributed by atoms with Crippen LogP contribution in [0.15, 0.2) is 17.0 Å². The molecule has 0 heterocycles. The largest absolute Gasteiger partial charge is 0.321 e. The highest BCUT2D eigenvalue weighted by Crippen LogP contribution is 2.38. The smallest absolute Gasteiger partial charge is 0.175 e. The second-order valence-corrected chi connectivity index (χ2v) is 6.92. The zero-order valence-electron chi connectivity index (χ0n) is 10.0. The fraction of sp³-hybridized carbons (Fsp3) is 0.500. The topological polar surface area (TPSA) is 60.2 Å². The zero-order chi connectivity index (χ0) is 13.6. The maximum Gasteiger partial charge on any atom is 0.175 e. The van der Waals surface area contributed by atoms with Crippen LogP contribution in [0.4, 0.5) is 8.78 Å². The molecule has 18 heavy (non-hydrogen) atoms. The van der Waals surface area contributed by atoms with Crippen LogP contribution in [0.2, 0.25) is 0 Å². The second-order valence-electron chi connectivity index (χ2n) is 4.90. The molecular formula is C12H15F2NO2S. The van der Waals surface area contributed by atoms with Gasteiger partial charge in [-0.05, 0) is 25.0 Å². The van der Waals surface area contributed by atoms with Gasteiger partial charge in [0.2, 0.25) is 0 Å². The fourth-order valence-electron chi connectivity index (χ4n) is 2.42. The molecule has 0 bridgehead atoms. The number of benzene rings is 1. The van der Waals surface area contributed by atoms with E-state index in [0.717, 1.165) is 19.1 Å². The van der Waals surface area contributed by atoms with Crippen LogP contribution in [-0.4, -0.2) is 14.7 Å². The van der Waals surface area contributed by atoms with Gasteiger partial charge in [-0.15, -0.1) is 0 Å². The van der Waals surface area contributed by atoms with Gasteiger partial charge in [-0.25, -0.2) is 17.2 Å². The van der Waals surface area contributed by atoms with Gasteiger partial charge < -0.3 is 5.73 Å². The lowest BCUT2D eigenvalue weighted by molar-refractivity contribution is 0.410. The normalized spacial score (nSPS) is 19.1. The first-order chi connectivity index (χ1) is 8.24. The monoisotopic (exact) mass is 275 g/mol. The van der Waals surface area contributed by atoms with Crippen LogP contribution in [0.3, 0.4) is 0 Å². The Hall–Kier alpha value is -1.01. The standard InChI is InChI=1S/C12H15F2NO2S/c1-18(16,17)8-6-9(11(14)10(13)7-8)12(15)4-2-3-5-12/h6-7H,2-5,15H2,1H3. The first-order valence-electron chi connectivity index (χ1n) is 5.72. The van der Waals surface area contributed by atoms with Crippen molar-refractivity contribution in [2.24, 2.45) is 5.73 Å². The summed E-state index contributed by atoms with van der Waals surface area (Å²) in [5, 5.41) is 0. The van der Waals surface area contributed by atoms with E-state index in [9.17, 15) is 17.2 Å². The average molecular weight is 275 g/mol. The summed E-state index contributed by atoms with van der Waals surface area (Å²) in [5.41, 5.74) is 5.08. The van der Waals surface area contributed by atoms with Gasteiger partial charge in [0.05, 0.1) is 4.90 Å². The molecule has 3 nitrogen and oxygen atoms in total. The minimum absolute atomic E-state index is 0.0274. The maximum absolute atomic E-state index is 13.8. The Morgan fingerprint density at radius 1 is 1.22 bits per heavy atom. The lowest BCUT2D eigenvalue weighted by atomic mass is 9.89. The molecule has 2 rings (SSSR count). The fourth-order valence-corrected chi connectivity index (χ4v) is 3.07. The van der Waals surface area contributed by atoms with Crippen LogP contribution in [0, 0.1) is 11.6 Å². The molecule has 0 atom stereocenters. The van der Waals surface area contributed by atoms with E-state index in [4.69, 9.17) is 5.73 Å². The van der Waals surface area contributed by atoms with Crippen molar-refractivity contribution in [2.45, 2.75) is 36.1 Å². The minimum atomic E-state index is -3.58. The molecule has 1 aromatic carbocycles. The molecule has 1 aliphatic rings. The van der Waals surface area contributed by atoms with Crippen molar-refractivity contribution < 1.29 is 17.2 Å². The Kier molecular flexibility index (Phi) is 3.19. The second kappa shape index (κ2) is 4.28. The van der Waals surface area contributed by atoms with E-state index in [1.54, 1.807) is 0 Å². The van der Waals surface area contributed by atoms with Crippen LogP contribution >= 0.6 is 0 Å². The molecule has 0 aliphatic heterocycles. The molecule has 2 N–H and O–H groups in total. The Morgan fingerprint density at radius 2 is 1.78 bits per heavy atom. The van der Waals surface area contributed by atoms with E-state index >= 15 is 0 Å².